The van der Waals surface area contributed by atoms with E-state index in [0.717, 1.165) is 6.42 Å². The molecule has 0 spiro atoms. The van der Waals surface area contributed by atoms with Gasteiger partial charge in [-0.3, -0.25) is 0 Å². The van der Waals surface area contributed by atoms with Gasteiger partial charge in [-0.2, -0.15) is 0 Å². The number of hydrogen-bond acceptors (Lipinski definition) is 3. The number of aliphatic hydroxyl groups is 1. The van der Waals surface area contributed by atoms with Crippen molar-refractivity contribution in [3.05, 3.63) is 0 Å². The van der Waals surface area contributed by atoms with Gasteiger partial charge < -0.3 is 15.6 Å². The monoisotopic (exact) mass is 201 g/mol. The molecule has 0 radical (unpaired) electrons. The second kappa shape index (κ2) is 4.60. The lowest BCUT2D eigenvalue weighted by Gasteiger charge is -2.42. The van der Waals surface area contributed by atoms with Crippen molar-refractivity contribution in [3.63, 3.8) is 0 Å². The van der Waals surface area contributed by atoms with E-state index in [1.165, 1.54) is 0 Å². The lowest BCUT2D eigenvalue weighted by atomic mass is 9.78. The van der Waals surface area contributed by atoms with E-state index in [1.807, 2.05) is 6.92 Å². The molecule has 1 saturated heterocycles. The minimum absolute atomic E-state index is 0.160. The van der Waals surface area contributed by atoms with Gasteiger partial charge in [-0.25, -0.2) is 0 Å². The van der Waals surface area contributed by atoms with E-state index >= 15 is 0 Å². The molecule has 3 N–H and O–H groups in total. The summed E-state index contributed by atoms with van der Waals surface area (Å²) in [4.78, 5) is 0. The Hall–Kier alpha value is -0.120. The lowest BCUT2D eigenvalue weighted by molar-refractivity contribution is -0.138. The molecule has 0 aromatic carbocycles. The first-order chi connectivity index (χ1) is 6.49. The molecule has 3 nitrogen and oxygen atoms in total. The zero-order valence-corrected chi connectivity index (χ0v) is 9.49. The average Bonchev–Trinajstić information content (AvgIpc) is 2.16. The third-order valence-electron chi connectivity index (χ3n) is 3.44. The van der Waals surface area contributed by atoms with Crippen molar-refractivity contribution >= 4 is 0 Å². The summed E-state index contributed by atoms with van der Waals surface area (Å²) >= 11 is 0. The normalized spacial score (nSPS) is 36.0. The molecular formula is C11H23NO2. The smallest absolute Gasteiger partial charge is 0.0731 e. The molecule has 0 bridgehead atoms. The van der Waals surface area contributed by atoms with Crippen molar-refractivity contribution in [2.75, 3.05) is 13.2 Å². The van der Waals surface area contributed by atoms with Crippen LogP contribution in [-0.4, -0.2) is 30.0 Å². The van der Waals surface area contributed by atoms with Crippen molar-refractivity contribution in [1.29, 1.82) is 0 Å². The van der Waals surface area contributed by atoms with Crippen LogP contribution in [0.15, 0.2) is 0 Å². The topological polar surface area (TPSA) is 55.5 Å². The van der Waals surface area contributed by atoms with Gasteiger partial charge >= 0.3 is 0 Å². The highest BCUT2D eigenvalue weighted by Crippen LogP contribution is 2.33. The molecule has 3 heteroatoms. The van der Waals surface area contributed by atoms with Gasteiger partial charge in [-0.05, 0) is 24.8 Å². The van der Waals surface area contributed by atoms with E-state index in [4.69, 9.17) is 10.5 Å². The molecule has 14 heavy (non-hydrogen) atoms. The Morgan fingerprint density at radius 2 is 2.14 bits per heavy atom. The van der Waals surface area contributed by atoms with Gasteiger partial charge in [0.25, 0.3) is 0 Å². The van der Waals surface area contributed by atoms with Gasteiger partial charge in [0, 0.05) is 13.0 Å². The number of rotatable bonds is 3. The van der Waals surface area contributed by atoms with Gasteiger partial charge in [0.1, 0.15) is 0 Å². The summed E-state index contributed by atoms with van der Waals surface area (Å²) in [6.07, 6.45) is 1.63. The summed E-state index contributed by atoms with van der Waals surface area (Å²) in [5, 5.41) is 10.4. The summed E-state index contributed by atoms with van der Waals surface area (Å²) in [6, 6.07) is 0. The van der Waals surface area contributed by atoms with Gasteiger partial charge in [0.15, 0.2) is 0 Å². The van der Waals surface area contributed by atoms with Crippen LogP contribution in [0, 0.1) is 11.8 Å². The van der Waals surface area contributed by atoms with Gasteiger partial charge in [0.2, 0.25) is 0 Å². The van der Waals surface area contributed by atoms with Crippen LogP contribution >= 0.6 is 0 Å². The summed E-state index contributed by atoms with van der Waals surface area (Å²) in [7, 11) is 0. The Bertz CT molecular complexity index is 184. The molecule has 0 aliphatic carbocycles. The maximum atomic E-state index is 10.4. The van der Waals surface area contributed by atoms with Crippen molar-refractivity contribution in [3.8, 4) is 0 Å². The Balaban J connectivity index is 2.62. The Kier molecular flexibility index (Phi) is 3.93. The molecule has 84 valence electrons. The molecule has 1 fully saturated rings. The zero-order chi connectivity index (χ0) is 10.8. The molecular weight excluding hydrogens is 178 g/mol. The van der Waals surface area contributed by atoms with Crippen molar-refractivity contribution in [2.24, 2.45) is 17.6 Å². The number of ether oxygens (including phenoxy) is 1. The van der Waals surface area contributed by atoms with Crippen LogP contribution in [-0.2, 0) is 4.74 Å². The fourth-order valence-corrected chi connectivity index (χ4v) is 1.99. The molecule has 1 rings (SSSR count). The Labute approximate surface area is 86.6 Å². The van der Waals surface area contributed by atoms with E-state index in [2.05, 4.69) is 13.8 Å². The minimum atomic E-state index is -0.609. The largest absolute Gasteiger partial charge is 0.389 e. The molecule has 0 aromatic rings. The highest BCUT2D eigenvalue weighted by molar-refractivity contribution is 4.91. The van der Waals surface area contributed by atoms with Crippen molar-refractivity contribution in [1.82, 2.24) is 0 Å². The summed E-state index contributed by atoms with van der Waals surface area (Å²) in [6.45, 7) is 7.47. The van der Waals surface area contributed by atoms with Crippen LogP contribution in [0.3, 0.4) is 0 Å². The fraction of sp³-hybridized carbons (Fsp3) is 1.00. The van der Waals surface area contributed by atoms with E-state index in [9.17, 15) is 5.11 Å². The average molecular weight is 201 g/mol. The van der Waals surface area contributed by atoms with Crippen molar-refractivity contribution < 1.29 is 9.84 Å². The standard InChI is InChI=1S/C11H23NO2/c1-8(2)10-6-11(13,4-5-14-10)9(3)7-12/h8-10,13H,4-7,12H2,1-3H3. The molecule has 0 aromatic heterocycles. The lowest BCUT2D eigenvalue weighted by Crippen LogP contribution is -2.49. The summed E-state index contributed by atoms with van der Waals surface area (Å²) in [5.74, 6) is 0.624. The quantitative estimate of drug-likeness (QED) is 0.720. The van der Waals surface area contributed by atoms with Crippen LogP contribution in [0.2, 0.25) is 0 Å². The molecule has 3 atom stereocenters. The first-order valence-corrected chi connectivity index (χ1v) is 5.53. The van der Waals surface area contributed by atoms with E-state index < -0.39 is 5.60 Å². The maximum Gasteiger partial charge on any atom is 0.0731 e. The highest BCUT2D eigenvalue weighted by Gasteiger charge is 2.39. The third kappa shape index (κ3) is 2.47. The van der Waals surface area contributed by atoms with Crippen LogP contribution in [0.5, 0.6) is 0 Å². The third-order valence-corrected chi connectivity index (χ3v) is 3.44. The first-order valence-electron chi connectivity index (χ1n) is 5.53. The fourth-order valence-electron chi connectivity index (χ4n) is 1.99. The molecule has 1 heterocycles. The van der Waals surface area contributed by atoms with Crippen LogP contribution in [0.25, 0.3) is 0 Å². The second-order valence-electron chi connectivity index (χ2n) is 4.85. The van der Waals surface area contributed by atoms with Gasteiger partial charge in [0.05, 0.1) is 11.7 Å². The molecule has 1 aliphatic heterocycles. The van der Waals surface area contributed by atoms with Gasteiger partial charge in [-0.1, -0.05) is 20.8 Å². The number of nitrogens with two attached hydrogens (primary N) is 1. The molecule has 0 amide bonds. The van der Waals surface area contributed by atoms with E-state index in [0.29, 0.717) is 25.5 Å². The Morgan fingerprint density at radius 3 is 2.64 bits per heavy atom. The van der Waals surface area contributed by atoms with E-state index in [-0.39, 0.29) is 12.0 Å². The second-order valence-corrected chi connectivity index (χ2v) is 4.85. The molecule has 1 aliphatic rings. The maximum absolute atomic E-state index is 10.4. The molecule has 0 saturated carbocycles. The summed E-state index contributed by atoms with van der Waals surface area (Å²) in [5.41, 5.74) is 5.00. The SMILES string of the molecule is CC(C)C1CC(O)(C(C)CN)CCO1. The number of hydrogen-bond donors (Lipinski definition) is 2. The van der Waals surface area contributed by atoms with Gasteiger partial charge in [-0.15, -0.1) is 0 Å². The van der Waals surface area contributed by atoms with Crippen molar-refractivity contribution in [2.45, 2.75) is 45.3 Å². The predicted octanol–water partition coefficient (Wildman–Crippen LogP) is 1.15. The van der Waals surface area contributed by atoms with Crippen LogP contribution in [0.4, 0.5) is 0 Å². The highest BCUT2D eigenvalue weighted by atomic mass is 16.5. The van der Waals surface area contributed by atoms with Crippen LogP contribution < -0.4 is 5.73 Å². The molecule has 3 unspecified atom stereocenters. The minimum Gasteiger partial charge on any atom is -0.389 e. The summed E-state index contributed by atoms with van der Waals surface area (Å²) < 4.78 is 5.63. The zero-order valence-electron chi connectivity index (χ0n) is 9.49. The Morgan fingerprint density at radius 1 is 1.50 bits per heavy atom. The predicted molar refractivity (Wildman–Crippen MR) is 57.0 cm³/mol. The first kappa shape index (κ1) is 12.0. The van der Waals surface area contributed by atoms with E-state index in [1.54, 1.807) is 0 Å². The van der Waals surface area contributed by atoms with Crippen LogP contribution in [0.1, 0.15) is 33.6 Å².